The van der Waals surface area contributed by atoms with Crippen LogP contribution in [0.4, 0.5) is 5.69 Å². The topological polar surface area (TPSA) is 43.1 Å². The van der Waals surface area contributed by atoms with E-state index in [0.717, 1.165) is 0 Å². The summed E-state index contributed by atoms with van der Waals surface area (Å²) in [5.41, 5.74) is 6.54. The summed E-state index contributed by atoms with van der Waals surface area (Å²) in [5, 5.41) is 0. The molecule has 0 bridgehead atoms. The van der Waals surface area contributed by atoms with E-state index in [1.807, 2.05) is 0 Å². The van der Waals surface area contributed by atoms with Crippen molar-refractivity contribution in [2.45, 2.75) is 6.92 Å². The molecule has 2 N–H and O–H groups in total. The summed E-state index contributed by atoms with van der Waals surface area (Å²) in [6.45, 7) is 1.49. The van der Waals surface area contributed by atoms with Crippen LogP contribution in [0.15, 0.2) is 18.2 Å². The van der Waals surface area contributed by atoms with Crippen LogP contribution in [0.5, 0.6) is 0 Å². The van der Waals surface area contributed by atoms with Crippen molar-refractivity contribution < 1.29 is 25.9 Å². The van der Waals surface area contributed by atoms with Crippen molar-refractivity contribution in [1.29, 1.82) is 0 Å². The maximum atomic E-state index is 10.8. The molecule has 0 radical (unpaired) electrons. The molecule has 1 rings (SSSR count). The second kappa shape index (κ2) is 4.30. The van der Waals surface area contributed by atoms with Gasteiger partial charge in [0.2, 0.25) is 0 Å². The maximum Gasteiger partial charge on any atom is 2.00 e. The summed E-state index contributed by atoms with van der Waals surface area (Å²) >= 11 is 0. The SMILES string of the molecule is CC(=O)c1c[c-]ccc1N.[W+2]. The molecule has 0 aliphatic heterocycles. The Kier molecular flexibility index (Phi) is 4.05. The largest absolute Gasteiger partial charge is 2.00 e. The molecule has 0 aliphatic rings. The molecule has 0 aromatic heterocycles. The van der Waals surface area contributed by atoms with Gasteiger partial charge < -0.3 is 10.5 Å². The third-order valence-corrected chi connectivity index (χ3v) is 1.28. The molecule has 0 amide bonds. The minimum absolute atomic E-state index is 0. The standard InChI is InChI=1S/C8H8NO.W/c1-6(10)7-4-2-3-5-8(7)9;/h3-5H,9H2,1H3;/q-1;+2. The Labute approximate surface area is 80.1 Å². The second-order valence-corrected chi connectivity index (χ2v) is 2.07. The third kappa shape index (κ3) is 2.47. The number of nitrogens with two attached hydrogens (primary N) is 1. The van der Waals surface area contributed by atoms with Crippen LogP contribution in [-0.4, -0.2) is 5.78 Å². The van der Waals surface area contributed by atoms with Crippen LogP contribution in [0.25, 0.3) is 0 Å². The fourth-order valence-corrected chi connectivity index (χ4v) is 0.747. The minimum atomic E-state index is -0.0191. The van der Waals surface area contributed by atoms with Crippen molar-refractivity contribution in [2.75, 3.05) is 5.73 Å². The van der Waals surface area contributed by atoms with E-state index in [-0.39, 0.29) is 26.8 Å². The van der Waals surface area contributed by atoms with Crippen LogP contribution >= 0.6 is 0 Å². The summed E-state index contributed by atoms with van der Waals surface area (Å²) in [7, 11) is 0. The molecular formula is C8H8NOW+. The van der Waals surface area contributed by atoms with Crippen molar-refractivity contribution in [3.05, 3.63) is 29.8 Å². The van der Waals surface area contributed by atoms with Crippen LogP contribution < -0.4 is 5.73 Å². The molecule has 1 aromatic rings. The smallest absolute Gasteiger partial charge is 0.419 e. The molecule has 0 spiro atoms. The zero-order valence-electron chi connectivity index (χ0n) is 6.13. The monoisotopic (exact) mass is 318 g/mol. The Balaban J connectivity index is 0.000001000. The molecule has 0 atom stereocenters. The Hall–Kier alpha value is -0.622. The van der Waals surface area contributed by atoms with Gasteiger partial charge in [-0.25, -0.2) is 0 Å². The van der Waals surface area contributed by atoms with Crippen LogP contribution in [0, 0.1) is 6.07 Å². The number of hydrogen-bond donors (Lipinski definition) is 1. The number of anilines is 1. The Morgan fingerprint density at radius 2 is 2.27 bits per heavy atom. The number of nitrogen functional groups attached to an aromatic ring is 1. The zero-order valence-corrected chi connectivity index (χ0v) is 9.06. The number of Topliss-reactive ketones (excluding diaryl/α,β-unsaturated/α-hetero) is 1. The molecular weight excluding hydrogens is 310 g/mol. The molecule has 0 unspecified atom stereocenters. The maximum absolute atomic E-state index is 10.8. The average Bonchev–Trinajstić information content (AvgIpc) is 1.88. The van der Waals surface area contributed by atoms with Crippen LogP contribution in [0.2, 0.25) is 0 Å². The predicted molar refractivity (Wildman–Crippen MR) is 39.7 cm³/mol. The van der Waals surface area contributed by atoms with E-state index in [1.54, 1.807) is 18.2 Å². The molecule has 2 nitrogen and oxygen atoms in total. The molecule has 0 heterocycles. The van der Waals surface area contributed by atoms with Gasteiger partial charge in [0.15, 0.2) is 0 Å². The van der Waals surface area contributed by atoms with Gasteiger partial charge in [0.05, 0.1) is 0 Å². The molecule has 0 saturated carbocycles. The van der Waals surface area contributed by atoms with Gasteiger partial charge in [0.25, 0.3) is 0 Å². The molecule has 1 aromatic carbocycles. The first kappa shape index (κ1) is 10.4. The van der Waals surface area contributed by atoms with Gasteiger partial charge in [0.1, 0.15) is 5.78 Å². The zero-order chi connectivity index (χ0) is 7.56. The number of benzene rings is 1. The fraction of sp³-hybridized carbons (Fsp3) is 0.125. The Bertz CT molecular complexity index is 260. The van der Waals surface area contributed by atoms with Gasteiger partial charge >= 0.3 is 21.1 Å². The first-order chi connectivity index (χ1) is 4.72. The summed E-state index contributed by atoms with van der Waals surface area (Å²) < 4.78 is 0. The number of carbonyl (C=O) groups is 1. The predicted octanol–water partition coefficient (Wildman–Crippen LogP) is 1.27. The average molecular weight is 318 g/mol. The van der Waals surface area contributed by atoms with Crippen molar-refractivity contribution in [3.63, 3.8) is 0 Å². The normalized spacial score (nSPS) is 8.45. The first-order valence-corrected chi connectivity index (χ1v) is 2.98. The summed E-state index contributed by atoms with van der Waals surface area (Å²) in [6, 6.07) is 7.72. The van der Waals surface area contributed by atoms with Crippen molar-refractivity contribution in [1.82, 2.24) is 0 Å². The van der Waals surface area contributed by atoms with Gasteiger partial charge in [-0.3, -0.25) is 0 Å². The van der Waals surface area contributed by atoms with E-state index < -0.39 is 0 Å². The van der Waals surface area contributed by atoms with Gasteiger partial charge in [-0.05, 0) is 6.92 Å². The van der Waals surface area contributed by atoms with Crippen LogP contribution in [0.1, 0.15) is 17.3 Å². The fourth-order valence-electron chi connectivity index (χ4n) is 0.747. The van der Waals surface area contributed by atoms with Gasteiger partial charge in [-0.2, -0.15) is 18.2 Å². The number of ketones is 1. The first-order valence-electron chi connectivity index (χ1n) is 2.98. The number of rotatable bonds is 1. The molecule has 3 heteroatoms. The number of carbonyl (C=O) groups excluding carboxylic acids is 1. The summed E-state index contributed by atoms with van der Waals surface area (Å²) in [6.07, 6.45) is 0. The molecule has 11 heavy (non-hydrogen) atoms. The van der Waals surface area contributed by atoms with E-state index in [1.165, 1.54) is 6.92 Å². The molecule has 0 aliphatic carbocycles. The molecule has 0 fully saturated rings. The van der Waals surface area contributed by atoms with Crippen LogP contribution in [-0.2, 0) is 21.1 Å². The van der Waals surface area contributed by atoms with E-state index in [9.17, 15) is 4.79 Å². The summed E-state index contributed by atoms with van der Waals surface area (Å²) in [5.74, 6) is -0.0191. The molecule has 0 saturated heterocycles. The van der Waals surface area contributed by atoms with Crippen LogP contribution in [0.3, 0.4) is 0 Å². The van der Waals surface area contributed by atoms with E-state index in [4.69, 9.17) is 5.73 Å². The second-order valence-electron chi connectivity index (χ2n) is 2.07. The van der Waals surface area contributed by atoms with Gasteiger partial charge in [0, 0.05) is 0 Å². The van der Waals surface area contributed by atoms with Crippen molar-refractivity contribution >= 4 is 11.5 Å². The quantitative estimate of drug-likeness (QED) is 0.481. The van der Waals surface area contributed by atoms with E-state index in [2.05, 4.69) is 6.07 Å². The van der Waals surface area contributed by atoms with E-state index in [0.29, 0.717) is 11.3 Å². The summed E-state index contributed by atoms with van der Waals surface area (Å²) in [4.78, 5) is 10.8. The Morgan fingerprint density at radius 1 is 1.64 bits per heavy atom. The Morgan fingerprint density at radius 3 is 2.64 bits per heavy atom. The molecule has 56 valence electrons. The van der Waals surface area contributed by atoms with Gasteiger partial charge in [-0.1, -0.05) is 11.3 Å². The minimum Gasteiger partial charge on any atom is -0.419 e. The van der Waals surface area contributed by atoms with Crippen molar-refractivity contribution in [2.24, 2.45) is 0 Å². The number of hydrogen-bond acceptors (Lipinski definition) is 2. The third-order valence-electron chi connectivity index (χ3n) is 1.28. The van der Waals surface area contributed by atoms with Gasteiger partial charge in [-0.15, -0.1) is 6.07 Å². The van der Waals surface area contributed by atoms with Crippen molar-refractivity contribution in [3.8, 4) is 0 Å². The van der Waals surface area contributed by atoms with E-state index >= 15 is 0 Å².